The Morgan fingerprint density at radius 3 is 2.47 bits per heavy atom. The van der Waals surface area contributed by atoms with Crippen LogP contribution in [0.15, 0.2) is 53.1 Å². The van der Waals surface area contributed by atoms with Crippen molar-refractivity contribution in [3.05, 3.63) is 65.8 Å². The maximum absolute atomic E-state index is 13.2. The van der Waals surface area contributed by atoms with Crippen molar-refractivity contribution in [2.75, 3.05) is 24.5 Å². The fraction of sp³-hybridized carbons (Fsp3) is 0.348. The van der Waals surface area contributed by atoms with Crippen LogP contribution in [0, 0.1) is 12.7 Å². The molecule has 0 unspecified atom stereocenters. The van der Waals surface area contributed by atoms with Crippen LogP contribution < -0.4 is 4.90 Å². The van der Waals surface area contributed by atoms with Gasteiger partial charge < -0.3 is 14.3 Å². The highest BCUT2D eigenvalue weighted by atomic mass is 19.1. The van der Waals surface area contributed by atoms with E-state index in [9.17, 15) is 9.18 Å². The number of nitrogens with zero attached hydrogens (tertiary/aromatic N) is 4. The van der Waals surface area contributed by atoms with Crippen LogP contribution in [0.5, 0.6) is 0 Å². The van der Waals surface area contributed by atoms with Crippen molar-refractivity contribution in [3.8, 4) is 11.4 Å². The van der Waals surface area contributed by atoms with Gasteiger partial charge in [-0.3, -0.25) is 4.79 Å². The molecule has 0 N–H and O–H groups in total. The molecule has 7 heteroatoms. The van der Waals surface area contributed by atoms with E-state index in [1.807, 2.05) is 41.0 Å². The van der Waals surface area contributed by atoms with Crippen LogP contribution in [0.2, 0.25) is 0 Å². The average molecular weight is 408 g/mol. The van der Waals surface area contributed by atoms with E-state index in [1.165, 1.54) is 18.6 Å². The number of piperidine rings is 1. The van der Waals surface area contributed by atoms with E-state index in [0.717, 1.165) is 37.2 Å². The number of halogens is 1. The summed E-state index contributed by atoms with van der Waals surface area (Å²) < 4.78 is 18.6. The maximum Gasteiger partial charge on any atom is 0.246 e. The van der Waals surface area contributed by atoms with Crippen molar-refractivity contribution in [2.24, 2.45) is 0 Å². The molecule has 1 amide bonds. The zero-order valence-corrected chi connectivity index (χ0v) is 17.1. The third kappa shape index (κ3) is 4.84. The number of carbonyl (C=O) groups excluding carboxylic acids is 1. The van der Waals surface area contributed by atoms with Crippen LogP contribution >= 0.6 is 0 Å². The quantitative estimate of drug-likeness (QED) is 0.612. The summed E-state index contributed by atoms with van der Waals surface area (Å²) in [5.41, 5.74) is 2.75. The highest BCUT2D eigenvalue weighted by molar-refractivity contribution is 5.81. The molecule has 0 aliphatic carbocycles. The zero-order valence-electron chi connectivity index (χ0n) is 17.1. The van der Waals surface area contributed by atoms with Crippen LogP contribution in [0.25, 0.3) is 11.4 Å². The van der Waals surface area contributed by atoms with Crippen molar-refractivity contribution in [2.45, 2.75) is 32.7 Å². The minimum Gasteiger partial charge on any atom is -0.353 e. The van der Waals surface area contributed by atoms with Gasteiger partial charge >= 0.3 is 0 Å². The number of hydrogen-bond donors (Lipinski definition) is 0. The van der Waals surface area contributed by atoms with Crippen LogP contribution in [0.3, 0.4) is 0 Å². The molecule has 0 spiro atoms. The normalized spacial score (nSPS) is 14.0. The molecule has 1 fully saturated rings. The Morgan fingerprint density at radius 1 is 1.07 bits per heavy atom. The predicted molar refractivity (Wildman–Crippen MR) is 112 cm³/mol. The van der Waals surface area contributed by atoms with Gasteiger partial charge in [0.25, 0.3) is 0 Å². The lowest BCUT2D eigenvalue weighted by molar-refractivity contribution is -0.130. The SMILES string of the molecule is Cc1ccc(N(CC(=O)N2CCCCC2)Cc2nc(-c3ccc(F)cc3)no2)cc1. The third-order valence-electron chi connectivity index (χ3n) is 5.33. The lowest BCUT2D eigenvalue weighted by atomic mass is 10.1. The summed E-state index contributed by atoms with van der Waals surface area (Å²) in [6, 6.07) is 14.0. The van der Waals surface area contributed by atoms with Crippen LogP contribution in [0.1, 0.15) is 30.7 Å². The van der Waals surface area contributed by atoms with Crippen LogP contribution in [0.4, 0.5) is 10.1 Å². The summed E-state index contributed by atoms with van der Waals surface area (Å²) in [5.74, 6) is 0.593. The van der Waals surface area contributed by atoms with Crippen molar-refractivity contribution >= 4 is 11.6 Å². The Hall–Kier alpha value is -3.22. The molecule has 1 aromatic heterocycles. The molecule has 0 bridgehead atoms. The number of likely N-dealkylation sites (tertiary alicyclic amines) is 1. The van der Waals surface area contributed by atoms with E-state index in [1.54, 1.807) is 12.1 Å². The highest BCUT2D eigenvalue weighted by Gasteiger charge is 2.21. The second kappa shape index (κ2) is 9.07. The molecule has 3 aromatic rings. The summed E-state index contributed by atoms with van der Waals surface area (Å²) in [6.07, 6.45) is 3.29. The third-order valence-corrected chi connectivity index (χ3v) is 5.33. The first-order valence-electron chi connectivity index (χ1n) is 10.3. The van der Waals surface area contributed by atoms with Crippen LogP contribution in [-0.2, 0) is 11.3 Å². The lowest BCUT2D eigenvalue weighted by Gasteiger charge is -2.30. The first-order chi connectivity index (χ1) is 14.6. The number of carbonyl (C=O) groups is 1. The minimum atomic E-state index is -0.316. The fourth-order valence-corrected chi connectivity index (χ4v) is 3.60. The van der Waals surface area contributed by atoms with Gasteiger partial charge in [0.05, 0.1) is 13.1 Å². The summed E-state index contributed by atoms with van der Waals surface area (Å²) in [4.78, 5) is 21.2. The standard InChI is InChI=1S/C23H25FN4O2/c1-17-5-11-20(12-6-17)28(16-22(29)27-13-3-2-4-14-27)15-21-25-23(26-30-21)18-7-9-19(24)10-8-18/h5-12H,2-4,13-16H2,1H3. The van der Waals surface area contributed by atoms with E-state index in [-0.39, 0.29) is 18.3 Å². The Morgan fingerprint density at radius 2 is 1.77 bits per heavy atom. The van der Waals surface area contributed by atoms with Crippen molar-refractivity contribution < 1.29 is 13.7 Å². The van der Waals surface area contributed by atoms with E-state index in [2.05, 4.69) is 10.1 Å². The second-order valence-electron chi connectivity index (χ2n) is 7.65. The molecule has 30 heavy (non-hydrogen) atoms. The van der Waals surface area contributed by atoms with Gasteiger partial charge in [-0.05, 0) is 62.6 Å². The molecule has 0 atom stereocenters. The molecule has 1 aliphatic rings. The number of aryl methyl sites for hydroxylation is 1. The first-order valence-corrected chi connectivity index (χ1v) is 10.3. The van der Waals surface area contributed by atoms with Gasteiger partial charge in [0.15, 0.2) is 0 Å². The molecular weight excluding hydrogens is 383 g/mol. The molecule has 4 rings (SSSR count). The number of amides is 1. The molecule has 0 saturated carbocycles. The van der Waals surface area contributed by atoms with Crippen LogP contribution in [-0.4, -0.2) is 40.6 Å². The lowest BCUT2D eigenvalue weighted by Crippen LogP contribution is -2.42. The molecule has 156 valence electrons. The monoisotopic (exact) mass is 408 g/mol. The Labute approximate surface area is 175 Å². The smallest absolute Gasteiger partial charge is 0.246 e. The molecule has 1 saturated heterocycles. The molecule has 0 radical (unpaired) electrons. The van der Waals surface area contributed by atoms with Gasteiger partial charge in [0, 0.05) is 24.3 Å². The predicted octanol–water partition coefficient (Wildman–Crippen LogP) is 4.20. The van der Waals surface area contributed by atoms with Gasteiger partial charge in [-0.2, -0.15) is 4.98 Å². The number of hydrogen-bond acceptors (Lipinski definition) is 5. The van der Waals surface area contributed by atoms with E-state index in [4.69, 9.17) is 4.52 Å². The van der Waals surface area contributed by atoms with Crippen molar-refractivity contribution in [3.63, 3.8) is 0 Å². The molecule has 1 aliphatic heterocycles. The number of anilines is 1. The summed E-state index contributed by atoms with van der Waals surface area (Å²) >= 11 is 0. The van der Waals surface area contributed by atoms with Gasteiger partial charge in [0.1, 0.15) is 5.82 Å². The number of rotatable bonds is 6. The molecule has 2 aromatic carbocycles. The average Bonchev–Trinajstić information content (AvgIpc) is 3.23. The summed E-state index contributed by atoms with van der Waals surface area (Å²) in [5, 5.41) is 4.02. The van der Waals surface area contributed by atoms with Gasteiger partial charge in [0.2, 0.25) is 17.6 Å². The molecule has 2 heterocycles. The summed E-state index contributed by atoms with van der Waals surface area (Å²) in [7, 11) is 0. The summed E-state index contributed by atoms with van der Waals surface area (Å²) in [6.45, 7) is 4.22. The zero-order chi connectivity index (χ0) is 20.9. The topological polar surface area (TPSA) is 62.5 Å². The molecule has 6 nitrogen and oxygen atoms in total. The minimum absolute atomic E-state index is 0.105. The Kier molecular flexibility index (Phi) is 6.07. The first kappa shape index (κ1) is 20.1. The molecular formula is C23H25FN4O2. The largest absolute Gasteiger partial charge is 0.353 e. The van der Waals surface area contributed by atoms with Crippen molar-refractivity contribution in [1.82, 2.24) is 15.0 Å². The van der Waals surface area contributed by atoms with E-state index < -0.39 is 0 Å². The maximum atomic E-state index is 13.2. The Bertz CT molecular complexity index is 979. The van der Waals surface area contributed by atoms with E-state index in [0.29, 0.717) is 23.8 Å². The van der Waals surface area contributed by atoms with Crippen molar-refractivity contribution in [1.29, 1.82) is 0 Å². The van der Waals surface area contributed by atoms with Gasteiger partial charge in [-0.1, -0.05) is 22.9 Å². The second-order valence-corrected chi connectivity index (χ2v) is 7.65. The van der Waals surface area contributed by atoms with Gasteiger partial charge in [-0.15, -0.1) is 0 Å². The number of benzene rings is 2. The van der Waals surface area contributed by atoms with Gasteiger partial charge in [-0.25, -0.2) is 4.39 Å². The number of aromatic nitrogens is 2. The Balaban J connectivity index is 1.53. The van der Waals surface area contributed by atoms with E-state index >= 15 is 0 Å². The fourth-order valence-electron chi connectivity index (χ4n) is 3.60. The highest BCUT2D eigenvalue weighted by Crippen LogP contribution is 2.21.